The van der Waals surface area contributed by atoms with Crippen molar-refractivity contribution in [2.24, 2.45) is 0 Å². The van der Waals surface area contributed by atoms with Crippen LogP contribution >= 0.6 is 0 Å². The second-order valence-corrected chi connectivity index (χ2v) is 8.26. The van der Waals surface area contributed by atoms with Crippen LogP contribution in [-0.2, 0) is 17.6 Å². The first-order chi connectivity index (χ1) is 17.1. The molecule has 0 radical (unpaired) electrons. The van der Waals surface area contributed by atoms with E-state index in [0.717, 1.165) is 63.2 Å². The van der Waals surface area contributed by atoms with Gasteiger partial charge in [-0.1, -0.05) is 24.8 Å². The van der Waals surface area contributed by atoms with Crippen molar-refractivity contribution < 1.29 is 4.79 Å². The summed E-state index contributed by atoms with van der Waals surface area (Å²) in [6.45, 7) is 5.51. The molecular weight excluding hydrogens is 436 g/mol. The SMILES string of the molecule is C=CC(=O)Nc1cccc(-c2cnc3[nH]cc(-c4ncncc4CCc4cccc(C)n4)c3c2)c1. The minimum absolute atomic E-state index is 0.249. The monoisotopic (exact) mass is 460 g/mol. The lowest BCUT2D eigenvalue weighted by molar-refractivity contribution is -0.111. The molecule has 7 nitrogen and oxygen atoms in total. The lowest BCUT2D eigenvalue weighted by Crippen LogP contribution is -2.06. The zero-order chi connectivity index (χ0) is 24.2. The van der Waals surface area contributed by atoms with Crippen LogP contribution in [0.1, 0.15) is 17.0 Å². The van der Waals surface area contributed by atoms with Gasteiger partial charge < -0.3 is 10.3 Å². The molecule has 0 aliphatic carbocycles. The van der Waals surface area contributed by atoms with Crippen molar-refractivity contribution in [3.8, 4) is 22.4 Å². The van der Waals surface area contributed by atoms with Crippen LogP contribution in [-0.4, -0.2) is 30.8 Å². The number of nitrogens with zero attached hydrogens (tertiary/aromatic N) is 4. The molecular formula is C28H24N6O. The molecule has 0 aliphatic heterocycles. The summed E-state index contributed by atoms with van der Waals surface area (Å²) < 4.78 is 0. The number of fused-ring (bicyclic) bond motifs is 1. The number of benzene rings is 1. The predicted octanol–water partition coefficient (Wildman–Crippen LogP) is 5.30. The fourth-order valence-electron chi connectivity index (χ4n) is 4.11. The van der Waals surface area contributed by atoms with Crippen LogP contribution in [0.15, 0.2) is 86.1 Å². The largest absolute Gasteiger partial charge is 0.345 e. The smallest absolute Gasteiger partial charge is 0.247 e. The molecule has 5 rings (SSSR count). The molecule has 0 atom stereocenters. The van der Waals surface area contributed by atoms with E-state index in [-0.39, 0.29) is 5.91 Å². The number of carbonyl (C=O) groups excluding carboxylic acids is 1. The number of rotatable bonds is 7. The molecule has 1 aromatic carbocycles. The van der Waals surface area contributed by atoms with Crippen molar-refractivity contribution in [3.63, 3.8) is 0 Å². The summed E-state index contributed by atoms with van der Waals surface area (Å²) >= 11 is 0. The number of carbonyl (C=O) groups is 1. The molecule has 1 amide bonds. The third-order valence-corrected chi connectivity index (χ3v) is 5.82. The lowest BCUT2D eigenvalue weighted by Gasteiger charge is -2.09. The normalized spacial score (nSPS) is 10.9. The number of hydrogen-bond donors (Lipinski definition) is 2. The Balaban J connectivity index is 1.49. The van der Waals surface area contributed by atoms with Gasteiger partial charge in [-0.3, -0.25) is 9.78 Å². The second kappa shape index (κ2) is 9.69. The summed E-state index contributed by atoms with van der Waals surface area (Å²) in [6.07, 6.45) is 10.0. The number of H-pyrrole nitrogens is 1. The third kappa shape index (κ3) is 4.84. The average molecular weight is 461 g/mol. The van der Waals surface area contributed by atoms with Crippen LogP contribution < -0.4 is 5.32 Å². The van der Waals surface area contributed by atoms with Gasteiger partial charge in [0.05, 0.1) is 5.69 Å². The molecule has 172 valence electrons. The standard InChI is InChI=1S/C28H24N6O/c1-3-26(35)34-23-9-5-7-19(12-23)21-13-24-25(16-31-28(24)30-15-21)27-20(14-29-17-32-27)10-11-22-8-4-6-18(2)33-22/h3-9,12-17H,1,10-11H2,2H3,(H,30,31)(H,34,35). The van der Waals surface area contributed by atoms with Gasteiger partial charge in [0.2, 0.25) is 5.91 Å². The van der Waals surface area contributed by atoms with Gasteiger partial charge in [0.15, 0.2) is 0 Å². The molecule has 0 unspecified atom stereocenters. The lowest BCUT2D eigenvalue weighted by atomic mass is 10.0. The van der Waals surface area contributed by atoms with Crippen molar-refractivity contribution in [2.75, 3.05) is 5.32 Å². The van der Waals surface area contributed by atoms with Gasteiger partial charge >= 0.3 is 0 Å². The second-order valence-electron chi connectivity index (χ2n) is 8.26. The van der Waals surface area contributed by atoms with Crippen LogP contribution in [0.4, 0.5) is 5.69 Å². The van der Waals surface area contributed by atoms with E-state index < -0.39 is 0 Å². The maximum atomic E-state index is 11.7. The number of hydrogen-bond acceptors (Lipinski definition) is 5. The van der Waals surface area contributed by atoms with E-state index in [1.807, 2.05) is 68.0 Å². The van der Waals surface area contributed by atoms with Crippen LogP contribution in [0.2, 0.25) is 0 Å². The van der Waals surface area contributed by atoms with E-state index >= 15 is 0 Å². The summed E-state index contributed by atoms with van der Waals surface area (Å²) in [5, 5.41) is 3.77. The summed E-state index contributed by atoms with van der Waals surface area (Å²) in [4.78, 5) is 33.1. The Morgan fingerprint density at radius 2 is 1.94 bits per heavy atom. The number of aromatic amines is 1. The minimum atomic E-state index is -0.249. The highest BCUT2D eigenvalue weighted by molar-refractivity contribution is 5.99. The Labute approximate surface area is 203 Å². The van der Waals surface area contributed by atoms with Gasteiger partial charge in [-0.2, -0.15) is 0 Å². The maximum absolute atomic E-state index is 11.7. The number of anilines is 1. The van der Waals surface area contributed by atoms with E-state index in [1.54, 1.807) is 6.33 Å². The molecule has 0 spiro atoms. The molecule has 7 heteroatoms. The van der Waals surface area contributed by atoms with Gasteiger partial charge in [0.1, 0.15) is 12.0 Å². The highest BCUT2D eigenvalue weighted by Crippen LogP contribution is 2.32. The Hall–Kier alpha value is -4.65. The van der Waals surface area contributed by atoms with Gasteiger partial charge in [-0.25, -0.2) is 15.0 Å². The summed E-state index contributed by atoms with van der Waals surface area (Å²) in [7, 11) is 0. The summed E-state index contributed by atoms with van der Waals surface area (Å²) in [5.41, 5.74) is 8.33. The maximum Gasteiger partial charge on any atom is 0.247 e. The summed E-state index contributed by atoms with van der Waals surface area (Å²) in [5.74, 6) is -0.249. The fourth-order valence-corrected chi connectivity index (χ4v) is 4.11. The summed E-state index contributed by atoms with van der Waals surface area (Å²) in [6, 6.07) is 15.8. The Kier molecular flexibility index (Phi) is 6.13. The number of aromatic nitrogens is 5. The number of nitrogens with one attached hydrogen (secondary N) is 2. The molecule has 0 aliphatic rings. The molecule has 0 bridgehead atoms. The van der Waals surface area contributed by atoms with Crippen LogP contribution in [0.25, 0.3) is 33.4 Å². The highest BCUT2D eigenvalue weighted by Gasteiger charge is 2.14. The van der Waals surface area contributed by atoms with Gasteiger partial charge in [0.25, 0.3) is 0 Å². The Morgan fingerprint density at radius 1 is 1.06 bits per heavy atom. The van der Waals surface area contributed by atoms with Gasteiger partial charge in [-0.05, 0) is 67.3 Å². The third-order valence-electron chi connectivity index (χ3n) is 5.82. The zero-order valence-electron chi connectivity index (χ0n) is 19.3. The van der Waals surface area contributed by atoms with Crippen molar-refractivity contribution in [2.45, 2.75) is 19.8 Å². The molecule has 4 heterocycles. The first kappa shape index (κ1) is 22.2. The van der Waals surface area contributed by atoms with Crippen LogP contribution in [0.3, 0.4) is 0 Å². The first-order valence-corrected chi connectivity index (χ1v) is 11.3. The topological polar surface area (TPSA) is 96.5 Å². The van der Waals surface area contributed by atoms with E-state index in [0.29, 0.717) is 5.69 Å². The van der Waals surface area contributed by atoms with Gasteiger partial charge in [-0.15, -0.1) is 0 Å². The number of aryl methyl sites for hydroxylation is 3. The minimum Gasteiger partial charge on any atom is -0.345 e. The quantitative estimate of drug-likeness (QED) is 0.321. The van der Waals surface area contributed by atoms with E-state index in [4.69, 9.17) is 0 Å². The molecule has 0 fully saturated rings. The molecule has 35 heavy (non-hydrogen) atoms. The molecule has 0 saturated carbocycles. The zero-order valence-corrected chi connectivity index (χ0v) is 19.3. The van der Waals surface area contributed by atoms with Crippen molar-refractivity contribution in [1.82, 2.24) is 24.9 Å². The predicted molar refractivity (Wildman–Crippen MR) is 138 cm³/mol. The van der Waals surface area contributed by atoms with Crippen molar-refractivity contribution in [3.05, 3.63) is 103 Å². The van der Waals surface area contributed by atoms with Crippen molar-refractivity contribution in [1.29, 1.82) is 0 Å². The number of pyridine rings is 2. The molecule has 2 N–H and O–H groups in total. The number of amides is 1. The average Bonchev–Trinajstić information content (AvgIpc) is 3.31. The highest BCUT2D eigenvalue weighted by atomic mass is 16.1. The van der Waals surface area contributed by atoms with Gasteiger partial charge in [0, 0.05) is 52.2 Å². The van der Waals surface area contributed by atoms with Crippen LogP contribution in [0, 0.1) is 6.92 Å². The fraction of sp³-hybridized carbons (Fsp3) is 0.107. The Bertz CT molecular complexity index is 1540. The van der Waals surface area contributed by atoms with Crippen molar-refractivity contribution >= 4 is 22.6 Å². The van der Waals surface area contributed by atoms with E-state index in [9.17, 15) is 4.79 Å². The van der Waals surface area contributed by atoms with Crippen LogP contribution in [0.5, 0.6) is 0 Å². The first-order valence-electron chi connectivity index (χ1n) is 11.3. The molecule has 5 aromatic rings. The molecule has 0 saturated heterocycles. The van der Waals surface area contributed by atoms with E-state index in [1.165, 1.54) is 6.08 Å². The molecule has 4 aromatic heterocycles. The Morgan fingerprint density at radius 3 is 2.80 bits per heavy atom. The van der Waals surface area contributed by atoms with E-state index in [2.05, 4.69) is 42.9 Å².